The second-order valence-electron chi connectivity index (χ2n) is 5.49. The van der Waals surface area contributed by atoms with Crippen LogP contribution in [-0.2, 0) is 13.0 Å². The molecule has 3 rings (SSSR count). The number of aromatic carboxylic acids is 1. The van der Waals surface area contributed by atoms with Crippen LogP contribution >= 0.6 is 27.3 Å². The number of ether oxygens (including phenoxy) is 1. The Morgan fingerprint density at radius 1 is 1.11 bits per heavy atom. The van der Waals surface area contributed by atoms with Crippen LogP contribution in [0.15, 0.2) is 40.2 Å². The number of hydrogen-bond acceptors (Lipinski definition) is 5. The molecule has 0 atom stereocenters. The fourth-order valence-corrected chi connectivity index (χ4v) is 3.50. The molecule has 9 heteroatoms. The third-order valence-electron chi connectivity index (χ3n) is 3.60. The van der Waals surface area contributed by atoms with Gasteiger partial charge in [-0.15, -0.1) is 11.3 Å². The van der Waals surface area contributed by atoms with Crippen molar-refractivity contribution in [3.05, 3.63) is 79.5 Å². The first-order valence-corrected chi connectivity index (χ1v) is 9.21. The highest BCUT2D eigenvalue weighted by molar-refractivity contribution is 9.10. The zero-order valence-electron chi connectivity index (χ0n) is 13.5. The van der Waals surface area contributed by atoms with Gasteiger partial charge in [0.15, 0.2) is 11.6 Å². The van der Waals surface area contributed by atoms with Crippen LogP contribution in [0.25, 0.3) is 0 Å². The van der Waals surface area contributed by atoms with E-state index in [1.165, 1.54) is 5.38 Å². The van der Waals surface area contributed by atoms with Gasteiger partial charge in [-0.3, -0.25) is 0 Å². The third kappa shape index (κ3) is 4.67. The molecule has 27 heavy (non-hydrogen) atoms. The normalized spacial score (nSPS) is 10.8. The molecule has 0 bridgehead atoms. The van der Waals surface area contributed by atoms with Gasteiger partial charge in [-0.1, -0.05) is 15.9 Å². The van der Waals surface area contributed by atoms with E-state index in [2.05, 4.69) is 20.9 Å². The summed E-state index contributed by atoms with van der Waals surface area (Å²) in [5.41, 5.74) is 0.374. The minimum absolute atomic E-state index is 0.128. The zero-order chi connectivity index (χ0) is 19.6. The number of thiazole rings is 1. The average Bonchev–Trinajstić information content (AvgIpc) is 3.07. The van der Waals surface area contributed by atoms with Gasteiger partial charge in [-0.25, -0.2) is 18.2 Å². The van der Waals surface area contributed by atoms with Crippen molar-refractivity contribution in [1.29, 1.82) is 0 Å². The van der Waals surface area contributed by atoms with Gasteiger partial charge in [-0.2, -0.15) is 0 Å². The molecule has 0 spiro atoms. The summed E-state index contributed by atoms with van der Waals surface area (Å²) in [6.45, 7) is -0.306. The van der Waals surface area contributed by atoms with E-state index < -0.39 is 23.4 Å². The zero-order valence-corrected chi connectivity index (χ0v) is 15.9. The first kappa shape index (κ1) is 19.4. The molecule has 140 valence electrons. The van der Waals surface area contributed by atoms with E-state index in [1.54, 1.807) is 18.2 Å². The number of halogens is 4. The molecule has 1 heterocycles. The number of carboxylic acids is 1. The predicted molar refractivity (Wildman–Crippen MR) is 94.0 cm³/mol. The SMILES string of the molecule is O=C([O-])c1csc(Cc2cc(Br)ccc2OCc2cc(F)c(F)cc2F)n1. The standard InChI is InChI=1S/C18H11BrF3NO3S/c19-11-1-2-16(26-7-10-4-13(21)14(22)6-12(10)20)9(3-11)5-17-23-15(8-27-17)18(24)25/h1-4,6,8H,5,7H2,(H,24,25)/p-1. The summed E-state index contributed by atoms with van der Waals surface area (Å²) < 4.78 is 46.4. The van der Waals surface area contributed by atoms with E-state index >= 15 is 0 Å². The van der Waals surface area contributed by atoms with Crippen molar-refractivity contribution < 1.29 is 27.8 Å². The topological polar surface area (TPSA) is 62.2 Å². The third-order valence-corrected chi connectivity index (χ3v) is 4.94. The van der Waals surface area contributed by atoms with Gasteiger partial charge in [0.2, 0.25) is 0 Å². The van der Waals surface area contributed by atoms with E-state index in [1.807, 2.05) is 0 Å². The van der Waals surface area contributed by atoms with Crippen molar-refractivity contribution in [3.63, 3.8) is 0 Å². The largest absolute Gasteiger partial charge is 0.543 e. The van der Waals surface area contributed by atoms with E-state index in [0.717, 1.165) is 21.9 Å². The summed E-state index contributed by atoms with van der Waals surface area (Å²) in [6, 6.07) is 6.29. The predicted octanol–water partition coefficient (Wildman–Crippen LogP) is 3.86. The van der Waals surface area contributed by atoms with Crippen LogP contribution in [0.3, 0.4) is 0 Å². The van der Waals surface area contributed by atoms with Gasteiger partial charge >= 0.3 is 0 Å². The van der Waals surface area contributed by atoms with Crippen LogP contribution in [0.1, 0.15) is 26.6 Å². The Bertz CT molecular complexity index is 1010. The highest BCUT2D eigenvalue weighted by atomic mass is 79.9. The second kappa shape index (κ2) is 8.10. The maximum atomic E-state index is 13.8. The molecule has 0 N–H and O–H groups in total. The molecule has 0 saturated carbocycles. The molecule has 0 aliphatic heterocycles. The summed E-state index contributed by atoms with van der Waals surface area (Å²) >= 11 is 4.49. The summed E-state index contributed by atoms with van der Waals surface area (Å²) in [5, 5.41) is 12.7. The lowest BCUT2D eigenvalue weighted by Gasteiger charge is -2.12. The molecular formula is C18H10BrF3NO3S-. The Morgan fingerprint density at radius 3 is 2.56 bits per heavy atom. The van der Waals surface area contributed by atoms with E-state index in [4.69, 9.17) is 4.74 Å². The highest BCUT2D eigenvalue weighted by Crippen LogP contribution is 2.28. The Hall–Kier alpha value is -2.39. The molecule has 0 unspecified atom stereocenters. The number of carbonyl (C=O) groups is 1. The monoisotopic (exact) mass is 456 g/mol. The van der Waals surface area contributed by atoms with Crippen LogP contribution in [0.4, 0.5) is 13.2 Å². The molecule has 0 aliphatic carbocycles. The molecule has 4 nitrogen and oxygen atoms in total. The summed E-state index contributed by atoms with van der Waals surface area (Å²) in [6.07, 6.45) is 0.271. The smallest absolute Gasteiger partial charge is 0.161 e. The van der Waals surface area contributed by atoms with Crippen molar-refractivity contribution >= 4 is 33.2 Å². The number of aromatic nitrogens is 1. The van der Waals surface area contributed by atoms with E-state index in [0.29, 0.717) is 22.4 Å². The Morgan fingerprint density at radius 2 is 1.85 bits per heavy atom. The second-order valence-corrected chi connectivity index (χ2v) is 7.35. The molecular weight excluding hydrogens is 447 g/mol. The molecule has 0 amide bonds. The molecule has 0 aliphatic rings. The van der Waals surface area contributed by atoms with E-state index in [-0.39, 0.29) is 24.3 Å². The quantitative estimate of drug-likeness (QED) is 0.528. The number of carboxylic acid groups (broad SMARTS) is 1. The summed E-state index contributed by atoms with van der Waals surface area (Å²) in [7, 11) is 0. The first-order chi connectivity index (χ1) is 12.8. The number of rotatable bonds is 6. The van der Waals surface area contributed by atoms with Crippen LogP contribution in [-0.4, -0.2) is 11.0 Å². The van der Waals surface area contributed by atoms with Gasteiger partial charge in [0.25, 0.3) is 0 Å². The van der Waals surface area contributed by atoms with Crippen molar-refractivity contribution in [3.8, 4) is 5.75 Å². The Labute approximate surface area is 164 Å². The molecule has 2 aromatic carbocycles. The minimum atomic E-state index is -1.36. The lowest BCUT2D eigenvalue weighted by molar-refractivity contribution is -0.255. The molecule has 0 saturated heterocycles. The lowest BCUT2D eigenvalue weighted by atomic mass is 10.1. The van der Waals surface area contributed by atoms with Crippen LogP contribution in [0, 0.1) is 17.5 Å². The van der Waals surface area contributed by atoms with Crippen molar-refractivity contribution in [2.75, 3.05) is 0 Å². The number of nitrogens with zero attached hydrogens (tertiary/aromatic N) is 1. The summed E-state index contributed by atoms with van der Waals surface area (Å²) in [4.78, 5) is 14.8. The fourth-order valence-electron chi connectivity index (χ4n) is 2.31. The van der Waals surface area contributed by atoms with Crippen molar-refractivity contribution in [2.45, 2.75) is 13.0 Å². The Kier molecular flexibility index (Phi) is 5.81. The fraction of sp³-hybridized carbons (Fsp3) is 0.111. The molecule has 1 aromatic heterocycles. The van der Waals surface area contributed by atoms with Gasteiger partial charge in [-0.05, 0) is 24.3 Å². The molecule has 0 radical (unpaired) electrons. The van der Waals surface area contributed by atoms with Crippen LogP contribution < -0.4 is 9.84 Å². The average molecular weight is 457 g/mol. The van der Waals surface area contributed by atoms with E-state index in [9.17, 15) is 23.1 Å². The molecule has 3 aromatic rings. The maximum absolute atomic E-state index is 13.8. The number of benzene rings is 2. The Balaban J connectivity index is 1.81. The van der Waals surface area contributed by atoms with Crippen LogP contribution in [0.5, 0.6) is 5.75 Å². The number of carbonyl (C=O) groups excluding carboxylic acids is 1. The van der Waals surface area contributed by atoms with Crippen LogP contribution in [0.2, 0.25) is 0 Å². The maximum Gasteiger partial charge on any atom is 0.161 e. The number of hydrogen-bond donors (Lipinski definition) is 0. The first-order valence-electron chi connectivity index (χ1n) is 7.54. The highest BCUT2D eigenvalue weighted by Gasteiger charge is 2.13. The van der Waals surface area contributed by atoms with Gasteiger partial charge in [0.1, 0.15) is 18.2 Å². The van der Waals surface area contributed by atoms with Crippen molar-refractivity contribution in [2.24, 2.45) is 0 Å². The van der Waals surface area contributed by atoms with Gasteiger partial charge < -0.3 is 14.6 Å². The van der Waals surface area contributed by atoms with Gasteiger partial charge in [0, 0.05) is 33.5 Å². The lowest BCUT2D eigenvalue weighted by Crippen LogP contribution is -2.22. The summed E-state index contributed by atoms with van der Waals surface area (Å²) in [5.74, 6) is -4.33. The van der Waals surface area contributed by atoms with Crippen molar-refractivity contribution in [1.82, 2.24) is 4.98 Å². The minimum Gasteiger partial charge on any atom is -0.543 e. The van der Waals surface area contributed by atoms with Gasteiger partial charge in [0.05, 0.1) is 16.7 Å². The molecule has 0 fully saturated rings.